The first-order chi connectivity index (χ1) is 11.3. The maximum Gasteiger partial charge on any atom is 0.150 e. The lowest BCUT2D eigenvalue weighted by molar-refractivity contribution is 0.481. The summed E-state index contributed by atoms with van der Waals surface area (Å²) in [6.07, 6.45) is 13.7. The van der Waals surface area contributed by atoms with Gasteiger partial charge >= 0.3 is 0 Å². The maximum atomic E-state index is 4.53. The quantitative estimate of drug-likeness (QED) is 0.769. The normalized spacial score (nSPS) is 20.9. The molecule has 0 aromatic heterocycles. The van der Waals surface area contributed by atoms with E-state index < -0.39 is 0 Å². The molecule has 0 aliphatic carbocycles. The van der Waals surface area contributed by atoms with Crippen LogP contribution in [0.2, 0.25) is 0 Å². The summed E-state index contributed by atoms with van der Waals surface area (Å²) in [5.41, 5.74) is 3.62. The molecule has 0 fully saturated rings. The van der Waals surface area contributed by atoms with E-state index in [2.05, 4.69) is 78.5 Å². The van der Waals surface area contributed by atoms with Crippen molar-refractivity contribution in [1.82, 2.24) is 4.48 Å². The lowest BCUT2D eigenvalue weighted by atomic mass is 10.0. The molecule has 2 aromatic carbocycles. The van der Waals surface area contributed by atoms with Crippen molar-refractivity contribution in [2.24, 2.45) is 4.99 Å². The zero-order chi connectivity index (χ0) is 15.7. The SMILES string of the molecule is C=C[N+]1(Cc2ccccc2)C=CC=c2c1ccc1c2=CCC=N1. The third-order valence-electron chi connectivity index (χ3n) is 4.58. The average Bonchev–Trinajstić information content (AvgIpc) is 2.62. The monoisotopic (exact) mass is 299 g/mol. The van der Waals surface area contributed by atoms with E-state index in [0.717, 1.165) is 18.7 Å². The van der Waals surface area contributed by atoms with Gasteiger partial charge in [0.15, 0.2) is 0 Å². The molecule has 2 aliphatic rings. The van der Waals surface area contributed by atoms with Crippen LogP contribution in [0, 0.1) is 0 Å². The highest BCUT2D eigenvalue weighted by molar-refractivity contribution is 5.76. The second-order valence-corrected chi connectivity index (χ2v) is 5.95. The molecule has 0 saturated carbocycles. The Bertz CT molecular complexity index is 936. The summed E-state index contributed by atoms with van der Waals surface area (Å²) < 4.78 is 0.626. The summed E-state index contributed by atoms with van der Waals surface area (Å²) in [6.45, 7) is 5.00. The van der Waals surface area contributed by atoms with Crippen LogP contribution in [-0.2, 0) is 6.54 Å². The predicted octanol–water partition coefficient (Wildman–Crippen LogP) is 3.53. The zero-order valence-corrected chi connectivity index (χ0v) is 13.0. The molecule has 1 unspecified atom stereocenters. The summed E-state index contributed by atoms with van der Waals surface area (Å²) in [6, 6.07) is 14.9. The van der Waals surface area contributed by atoms with E-state index >= 15 is 0 Å². The van der Waals surface area contributed by atoms with Gasteiger partial charge in [0.1, 0.15) is 18.4 Å². The minimum Gasteiger partial charge on any atom is -0.260 e. The standard InChI is InChI=1S/C21H19N2/c1-2-23(16-17-8-4-3-5-9-17)15-7-11-19-18-10-6-14-22-20(18)12-13-21(19)23/h2-5,7-15H,1,6,16H2/q+1. The Morgan fingerprint density at radius 1 is 1.09 bits per heavy atom. The molecular formula is C21H19N2+. The second-order valence-electron chi connectivity index (χ2n) is 5.95. The first kappa shape index (κ1) is 13.9. The molecule has 0 radical (unpaired) electrons. The summed E-state index contributed by atoms with van der Waals surface area (Å²) in [5.74, 6) is 0. The molecule has 2 heterocycles. The third kappa shape index (κ3) is 2.28. The molecule has 2 aromatic rings. The van der Waals surface area contributed by atoms with E-state index in [1.165, 1.54) is 21.7 Å². The summed E-state index contributed by atoms with van der Waals surface area (Å²) >= 11 is 0. The van der Waals surface area contributed by atoms with Crippen LogP contribution >= 0.6 is 0 Å². The highest BCUT2D eigenvalue weighted by Gasteiger charge is 2.29. The largest absolute Gasteiger partial charge is 0.260 e. The minimum atomic E-state index is 0.626. The van der Waals surface area contributed by atoms with Gasteiger partial charge in [0, 0.05) is 34.7 Å². The number of benzene rings is 2. The second kappa shape index (κ2) is 5.49. The number of hydrogen-bond donors (Lipinski definition) is 0. The minimum absolute atomic E-state index is 0.626. The van der Waals surface area contributed by atoms with E-state index in [1.54, 1.807) is 0 Å². The predicted molar refractivity (Wildman–Crippen MR) is 98.7 cm³/mol. The van der Waals surface area contributed by atoms with Crippen molar-refractivity contribution in [2.75, 3.05) is 0 Å². The fourth-order valence-corrected chi connectivity index (χ4v) is 3.42. The molecule has 0 bridgehead atoms. The maximum absolute atomic E-state index is 4.53. The number of aliphatic imine (C=N–C) groups is 1. The average molecular weight is 299 g/mol. The molecule has 2 aliphatic heterocycles. The molecule has 23 heavy (non-hydrogen) atoms. The van der Waals surface area contributed by atoms with E-state index in [1.807, 2.05) is 12.4 Å². The molecule has 0 amide bonds. The van der Waals surface area contributed by atoms with Crippen molar-refractivity contribution in [3.63, 3.8) is 0 Å². The van der Waals surface area contributed by atoms with Gasteiger partial charge in [-0.2, -0.15) is 0 Å². The van der Waals surface area contributed by atoms with Crippen LogP contribution in [-0.4, -0.2) is 6.21 Å². The van der Waals surface area contributed by atoms with Gasteiger partial charge in [-0.05, 0) is 24.8 Å². The number of hydrogen-bond acceptors (Lipinski definition) is 1. The van der Waals surface area contributed by atoms with Gasteiger partial charge in [0.05, 0.1) is 11.9 Å². The van der Waals surface area contributed by atoms with Crippen LogP contribution in [0.15, 0.2) is 72.5 Å². The van der Waals surface area contributed by atoms with Gasteiger partial charge in [0.2, 0.25) is 0 Å². The van der Waals surface area contributed by atoms with E-state index in [0.29, 0.717) is 4.48 Å². The molecule has 0 N–H and O–H groups in total. The van der Waals surface area contributed by atoms with Crippen molar-refractivity contribution in [2.45, 2.75) is 13.0 Å². The summed E-state index contributed by atoms with van der Waals surface area (Å²) in [7, 11) is 0. The highest BCUT2D eigenvalue weighted by Crippen LogP contribution is 2.27. The van der Waals surface area contributed by atoms with E-state index in [4.69, 9.17) is 0 Å². The van der Waals surface area contributed by atoms with E-state index in [-0.39, 0.29) is 0 Å². The van der Waals surface area contributed by atoms with Gasteiger partial charge in [-0.1, -0.05) is 36.4 Å². The summed E-state index contributed by atoms with van der Waals surface area (Å²) in [5, 5.41) is 2.50. The van der Waals surface area contributed by atoms with Gasteiger partial charge in [0.25, 0.3) is 0 Å². The van der Waals surface area contributed by atoms with Crippen molar-refractivity contribution in [3.8, 4) is 0 Å². The Labute approximate surface area is 136 Å². The number of fused-ring (bicyclic) bond motifs is 3. The van der Waals surface area contributed by atoms with Crippen LogP contribution in [0.25, 0.3) is 12.2 Å². The number of rotatable bonds is 3. The van der Waals surface area contributed by atoms with Gasteiger partial charge < -0.3 is 0 Å². The molecule has 2 heteroatoms. The van der Waals surface area contributed by atoms with Crippen molar-refractivity contribution >= 4 is 29.7 Å². The topological polar surface area (TPSA) is 12.4 Å². The van der Waals surface area contributed by atoms with Crippen LogP contribution in [0.5, 0.6) is 0 Å². The fraction of sp³-hybridized carbons (Fsp3) is 0.0952. The van der Waals surface area contributed by atoms with Gasteiger partial charge in [-0.3, -0.25) is 4.99 Å². The Morgan fingerprint density at radius 2 is 1.96 bits per heavy atom. The Morgan fingerprint density at radius 3 is 2.78 bits per heavy atom. The van der Waals surface area contributed by atoms with Gasteiger partial charge in [-0.15, -0.1) is 0 Å². The van der Waals surface area contributed by atoms with Gasteiger partial charge in [-0.25, -0.2) is 4.48 Å². The molecule has 1 atom stereocenters. The lowest BCUT2D eigenvalue weighted by Crippen LogP contribution is -2.45. The Kier molecular flexibility index (Phi) is 3.32. The molecule has 4 rings (SSSR count). The Balaban J connectivity index is 1.92. The van der Waals surface area contributed by atoms with Crippen molar-refractivity contribution in [3.05, 3.63) is 83.5 Å². The van der Waals surface area contributed by atoms with Crippen molar-refractivity contribution < 1.29 is 0 Å². The fourth-order valence-electron chi connectivity index (χ4n) is 3.42. The zero-order valence-electron chi connectivity index (χ0n) is 13.0. The smallest absolute Gasteiger partial charge is 0.150 e. The number of quaternary nitrogens is 1. The molecule has 0 spiro atoms. The van der Waals surface area contributed by atoms with Crippen LogP contribution in [0.4, 0.5) is 11.4 Å². The van der Waals surface area contributed by atoms with Crippen LogP contribution in [0.3, 0.4) is 0 Å². The molecule has 2 nitrogen and oxygen atoms in total. The first-order valence-corrected chi connectivity index (χ1v) is 7.93. The number of allylic oxidation sites excluding steroid dienone is 1. The summed E-state index contributed by atoms with van der Waals surface area (Å²) in [4.78, 5) is 4.53. The lowest BCUT2D eigenvalue weighted by Gasteiger charge is -2.32. The van der Waals surface area contributed by atoms with E-state index in [9.17, 15) is 0 Å². The molecule has 112 valence electrons. The van der Waals surface area contributed by atoms with Crippen molar-refractivity contribution in [1.29, 1.82) is 0 Å². The third-order valence-corrected chi connectivity index (χ3v) is 4.58. The van der Waals surface area contributed by atoms with Crippen LogP contribution in [0.1, 0.15) is 12.0 Å². The highest BCUT2D eigenvalue weighted by atomic mass is 15.3. The number of nitrogens with zero attached hydrogens (tertiary/aromatic N) is 2. The molecule has 0 saturated heterocycles. The Hall–Kier alpha value is -2.71. The molecular weight excluding hydrogens is 280 g/mol. The first-order valence-electron chi connectivity index (χ1n) is 7.93. The van der Waals surface area contributed by atoms with Crippen LogP contribution < -0.4 is 14.9 Å².